The van der Waals surface area contributed by atoms with E-state index in [-0.39, 0.29) is 49.7 Å². The standard InChI is InChI=1S/C18H20F6N2O6/c1-2-10-7-12(32-18(22,23)24)8-11-9-13(15(17(19,20)21)31-14(10)11)16(27)25-3-4-29-5-6-30-26-28/h7-9,15,26,28H,2-6H2,1H3,(H,25,27). The zero-order valence-corrected chi connectivity index (χ0v) is 16.6. The number of carbonyl (C=O) groups is 1. The normalized spacial score (nSPS) is 16.1. The van der Waals surface area contributed by atoms with Crippen molar-refractivity contribution in [1.29, 1.82) is 0 Å². The van der Waals surface area contributed by atoms with E-state index in [2.05, 4.69) is 14.9 Å². The van der Waals surface area contributed by atoms with Gasteiger partial charge in [0.2, 0.25) is 6.10 Å². The van der Waals surface area contributed by atoms with Crippen molar-refractivity contribution < 1.29 is 55.4 Å². The molecular weight excluding hydrogens is 454 g/mol. The molecule has 0 saturated heterocycles. The second kappa shape index (κ2) is 10.8. The Morgan fingerprint density at radius 1 is 1.16 bits per heavy atom. The zero-order chi connectivity index (χ0) is 23.9. The highest BCUT2D eigenvalue weighted by Crippen LogP contribution is 2.41. The van der Waals surface area contributed by atoms with Gasteiger partial charge >= 0.3 is 12.5 Å². The Hall–Kier alpha value is -2.55. The van der Waals surface area contributed by atoms with E-state index >= 15 is 0 Å². The summed E-state index contributed by atoms with van der Waals surface area (Å²) in [5.41, 5.74) is 0.495. The number of benzene rings is 1. The van der Waals surface area contributed by atoms with Crippen LogP contribution in [0.4, 0.5) is 26.3 Å². The van der Waals surface area contributed by atoms with Gasteiger partial charge in [-0.1, -0.05) is 12.6 Å². The van der Waals surface area contributed by atoms with Gasteiger partial charge in [0.15, 0.2) is 0 Å². The highest BCUT2D eigenvalue weighted by atomic mass is 19.4. The zero-order valence-electron chi connectivity index (χ0n) is 16.6. The number of halogens is 6. The Morgan fingerprint density at radius 2 is 1.88 bits per heavy atom. The molecule has 2 rings (SSSR count). The number of fused-ring (bicyclic) bond motifs is 1. The van der Waals surface area contributed by atoms with Crippen molar-refractivity contribution in [2.75, 3.05) is 26.4 Å². The lowest BCUT2D eigenvalue weighted by Gasteiger charge is -2.30. The molecule has 1 aromatic carbocycles. The molecule has 180 valence electrons. The number of ether oxygens (including phenoxy) is 3. The summed E-state index contributed by atoms with van der Waals surface area (Å²) in [4.78, 5) is 16.7. The maximum Gasteiger partial charge on any atom is 0.573 e. The maximum absolute atomic E-state index is 13.6. The van der Waals surface area contributed by atoms with Gasteiger partial charge in [-0.2, -0.15) is 13.2 Å². The summed E-state index contributed by atoms with van der Waals surface area (Å²) >= 11 is 0. The summed E-state index contributed by atoms with van der Waals surface area (Å²) < 4.78 is 92.4. The van der Waals surface area contributed by atoms with Crippen LogP contribution in [0.25, 0.3) is 6.08 Å². The fourth-order valence-corrected chi connectivity index (χ4v) is 2.83. The van der Waals surface area contributed by atoms with E-state index in [9.17, 15) is 31.1 Å². The number of hydrogen-bond donors (Lipinski definition) is 3. The number of carbonyl (C=O) groups excluding carboxylic acids is 1. The molecule has 1 aliphatic rings. The molecule has 1 atom stereocenters. The van der Waals surface area contributed by atoms with Gasteiger partial charge in [0.05, 0.1) is 25.4 Å². The van der Waals surface area contributed by atoms with Crippen molar-refractivity contribution in [2.24, 2.45) is 0 Å². The quantitative estimate of drug-likeness (QED) is 0.273. The van der Waals surface area contributed by atoms with E-state index in [0.29, 0.717) is 0 Å². The molecule has 0 radical (unpaired) electrons. The minimum atomic E-state index is -5.01. The molecule has 1 aliphatic heterocycles. The summed E-state index contributed by atoms with van der Waals surface area (Å²) in [7, 11) is 0. The van der Waals surface area contributed by atoms with Crippen LogP contribution in [0.15, 0.2) is 17.7 Å². The van der Waals surface area contributed by atoms with Crippen LogP contribution in [0.3, 0.4) is 0 Å². The van der Waals surface area contributed by atoms with Crippen molar-refractivity contribution in [3.05, 3.63) is 28.8 Å². The summed E-state index contributed by atoms with van der Waals surface area (Å²) in [5, 5.41) is 10.4. The Morgan fingerprint density at radius 3 is 2.47 bits per heavy atom. The molecule has 0 bridgehead atoms. The van der Waals surface area contributed by atoms with Crippen LogP contribution in [0, 0.1) is 0 Å². The SMILES string of the molecule is CCc1cc(OC(F)(F)F)cc2c1OC(C(F)(F)F)C(C(=O)NCCOCCONO)=C2. The van der Waals surface area contributed by atoms with Crippen LogP contribution in [0.5, 0.6) is 11.5 Å². The van der Waals surface area contributed by atoms with Gasteiger partial charge in [0, 0.05) is 12.1 Å². The average molecular weight is 474 g/mol. The Labute approximate surface area is 178 Å². The molecule has 32 heavy (non-hydrogen) atoms. The van der Waals surface area contributed by atoms with Crippen molar-refractivity contribution in [3.63, 3.8) is 0 Å². The molecule has 1 unspecified atom stereocenters. The van der Waals surface area contributed by atoms with Crippen molar-refractivity contribution >= 4 is 12.0 Å². The molecule has 3 N–H and O–H groups in total. The first-order valence-electron chi connectivity index (χ1n) is 9.20. The first-order valence-corrected chi connectivity index (χ1v) is 9.20. The molecule has 8 nitrogen and oxygen atoms in total. The van der Waals surface area contributed by atoms with Crippen LogP contribution in [0.1, 0.15) is 18.1 Å². The molecule has 1 heterocycles. The van der Waals surface area contributed by atoms with E-state index in [1.54, 1.807) is 0 Å². The smallest absolute Gasteiger partial charge is 0.475 e. The fraction of sp³-hybridized carbons (Fsp3) is 0.500. The lowest BCUT2D eigenvalue weighted by Crippen LogP contribution is -2.44. The lowest BCUT2D eigenvalue weighted by atomic mass is 9.97. The topological polar surface area (TPSA) is 98.3 Å². The predicted octanol–water partition coefficient (Wildman–Crippen LogP) is 2.90. The van der Waals surface area contributed by atoms with Gasteiger partial charge < -0.3 is 19.5 Å². The van der Waals surface area contributed by atoms with Crippen LogP contribution in [-0.2, 0) is 20.8 Å². The molecule has 1 aromatic rings. The maximum atomic E-state index is 13.6. The van der Waals surface area contributed by atoms with E-state index in [0.717, 1.165) is 18.2 Å². The van der Waals surface area contributed by atoms with Crippen LogP contribution in [-0.4, -0.2) is 56.1 Å². The largest absolute Gasteiger partial charge is 0.573 e. The van der Waals surface area contributed by atoms with E-state index in [1.165, 1.54) is 12.6 Å². The molecule has 0 aromatic heterocycles. The number of rotatable bonds is 10. The van der Waals surface area contributed by atoms with Crippen molar-refractivity contribution in [1.82, 2.24) is 11.0 Å². The number of hydrogen-bond acceptors (Lipinski definition) is 7. The summed E-state index contributed by atoms with van der Waals surface area (Å²) in [6, 6.07) is 1.78. The first kappa shape index (κ1) is 25.7. The molecule has 1 amide bonds. The molecule has 0 aliphatic carbocycles. The monoisotopic (exact) mass is 474 g/mol. The summed E-state index contributed by atoms with van der Waals surface area (Å²) in [5.74, 6) is -2.05. The van der Waals surface area contributed by atoms with Crippen molar-refractivity contribution in [3.8, 4) is 11.5 Å². The van der Waals surface area contributed by atoms with Gasteiger partial charge in [-0.15, -0.1) is 13.2 Å². The van der Waals surface area contributed by atoms with E-state index in [1.807, 2.05) is 0 Å². The molecule has 0 spiro atoms. The average Bonchev–Trinajstić information content (AvgIpc) is 2.69. The third kappa shape index (κ3) is 7.25. The number of aryl methyl sites for hydroxylation is 1. The Bertz CT molecular complexity index is 827. The van der Waals surface area contributed by atoms with Gasteiger partial charge in [-0.3, -0.25) is 14.8 Å². The number of alkyl halides is 6. The number of amides is 1. The summed E-state index contributed by atoms with van der Waals surface area (Å²) in [6.45, 7) is 1.27. The van der Waals surface area contributed by atoms with Gasteiger partial charge in [-0.05, 0) is 30.2 Å². The first-order chi connectivity index (χ1) is 15.0. The van der Waals surface area contributed by atoms with Gasteiger partial charge in [0.1, 0.15) is 11.5 Å². The Kier molecular flexibility index (Phi) is 8.72. The van der Waals surface area contributed by atoms with Gasteiger partial charge in [0.25, 0.3) is 5.91 Å². The van der Waals surface area contributed by atoms with Crippen LogP contribution >= 0.6 is 0 Å². The van der Waals surface area contributed by atoms with Crippen LogP contribution < -0.4 is 20.4 Å². The molecular formula is C18H20F6N2O6. The van der Waals surface area contributed by atoms with Gasteiger partial charge in [-0.25, -0.2) is 0 Å². The van der Waals surface area contributed by atoms with Crippen molar-refractivity contribution in [2.45, 2.75) is 32.0 Å². The third-order valence-corrected chi connectivity index (χ3v) is 4.10. The van der Waals surface area contributed by atoms with Crippen LogP contribution in [0.2, 0.25) is 0 Å². The third-order valence-electron chi connectivity index (χ3n) is 4.10. The lowest BCUT2D eigenvalue weighted by molar-refractivity contribution is -0.274. The summed E-state index contributed by atoms with van der Waals surface area (Å²) in [6.07, 6.45) is -11.7. The highest BCUT2D eigenvalue weighted by molar-refractivity contribution is 6.00. The predicted molar refractivity (Wildman–Crippen MR) is 95.7 cm³/mol. The van der Waals surface area contributed by atoms with E-state index in [4.69, 9.17) is 14.7 Å². The second-order valence-corrected chi connectivity index (χ2v) is 6.35. The molecule has 0 saturated carbocycles. The van der Waals surface area contributed by atoms with E-state index < -0.39 is 35.9 Å². The fourth-order valence-electron chi connectivity index (χ4n) is 2.83. The molecule has 0 fully saturated rings. The Balaban J connectivity index is 2.24. The highest BCUT2D eigenvalue weighted by Gasteiger charge is 2.48. The second-order valence-electron chi connectivity index (χ2n) is 6.35. The minimum absolute atomic E-state index is 0.0234. The number of nitrogens with one attached hydrogen (secondary N) is 2. The minimum Gasteiger partial charge on any atom is -0.475 e. The molecule has 14 heteroatoms.